The van der Waals surface area contributed by atoms with Crippen molar-refractivity contribution in [1.82, 2.24) is 8.75 Å². The van der Waals surface area contributed by atoms with Crippen LogP contribution in [0.1, 0.15) is 0 Å². The molecule has 90 valence electrons. The van der Waals surface area contributed by atoms with Gasteiger partial charge in [0, 0.05) is 7.05 Å². The van der Waals surface area contributed by atoms with Crippen LogP contribution in [0, 0.1) is 0 Å². The van der Waals surface area contributed by atoms with Crippen molar-refractivity contribution in [2.75, 3.05) is 26.6 Å². The van der Waals surface area contributed by atoms with Crippen molar-refractivity contribution in [2.24, 2.45) is 0 Å². The van der Waals surface area contributed by atoms with E-state index in [1.807, 2.05) is 25.2 Å². The maximum absolute atomic E-state index is 5.32. The SMILES string of the molecule is CNc1nsnc1-c1cc(OC)ccc1OC. The quantitative estimate of drug-likeness (QED) is 0.903. The molecule has 0 fully saturated rings. The second-order valence-corrected chi connectivity index (χ2v) is 3.81. The summed E-state index contributed by atoms with van der Waals surface area (Å²) in [5, 5.41) is 3.00. The minimum Gasteiger partial charge on any atom is -0.497 e. The van der Waals surface area contributed by atoms with Crippen LogP contribution in [0.25, 0.3) is 11.3 Å². The molecule has 0 aliphatic carbocycles. The van der Waals surface area contributed by atoms with Gasteiger partial charge in [-0.15, -0.1) is 0 Å². The van der Waals surface area contributed by atoms with E-state index in [1.54, 1.807) is 14.2 Å². The molecule has 0 aliphatic rings. The Kier molecular flexibility index (Phi) is 3.43. The van der Waals surface area contributed by atoms with Crippen molar-refractivity contribution >= 4 is 17.5 Å². The Bertz CT molecular complexity index is 513. The number of rotatable bonds is 4. The van der Waals surface area contributed by atoms with Crippen LogP contribution in [0.4, 0.5) is 5.82 Å². The molecule has 0 aliphatic heterocycles. The minimum absolute atomic E-state index is 0.738. The molecule has 1 aromatic heterocycles. The fourth-order valence-electron chi connectivity index (χ4n) is 1.53. The smallest absolute Gasteiger partial charge is 0.168 e. The largest absolute Gasteiger partial charge is 0.497 e. The highest BCUT2D eigenvalue weighted by Gasteiger charge is 2.15. The average Bonchev–Trinajstić information content (AvgIpc) is 2.86. The number of anilines is 1. The normalized spacial score (nSPS) is 10.1. The van der Waals surface area contributed by atoms with Crippen molar-refractivity contribution in [3.05, 3.63) is 18.2 Å². The molecule has 1 heterocycles. The maximum Gasteiger partial charge on any atom is 0.168 e. The minimum atomic E-state index is 0.738. The second-order valence-electron chi connectivity index (χ2n) is 3.28. The summed E-state index contributed by atoms with van der Waals surface area (Å²) < 4.78 is 19.0. The van der Waals surface area contributed by atoms with Crippen LogP contribution >= 0.6 is 11.7 Å². The van der Waals surface area contributed by atoms with E-state index in [4.69, 9.17) is 9.47 Å². The zero-order valence-electron chi connectivity index (χ0n) is 9.85. The van der Waals surface area contributed by atoms with Gasteiger partial charge in [-0.25, -0.2) is 0 Å². The zero-order valence-corrected chi connectivity index (χ0v) is 10.7. The Balaban J connectivity index is 2.56. The van der Waals surface area contributed by atoms with Crippen LogP contribution in [-0.4, -0.2) is 30.0 Å². The number of ether oxygens (including phenoxy) is 2. The Hall–Kier alpha value is -1.82. The molecule has 2 aromatic rings. The molecule has 6 heteroatoms. The van der Waals surface area contributed by atoms with E-state index < -0.39 is 0 Å². The zero-order chi connectivity index (χ0) is 12.3. The number of benzene rings is 1. The molecule has 0 saturated carbocycles. The van der Waals surface area contributed by atoms with Gasteiger partial charge in [0.05, 0.1) is 31.5 Å². The summed E-state index contributed by atoms with van der Waals surface area (Å²) in [7, 11) is 5.07. The van der Waals surface area contributed by atoms with Crippen LogP contribution in [0.15, 0.2) is 18.2 Å². The molecule has 0 spiro atoms. The number of aromatic nitrogens is 2. The third-order valence-electron chi connectivity index (χ3n) is 2.39. The van der Waals surface area contributed by atoms with E-state index in [-0.39, 0.29) is 0 Å². The summed E-state index contributed by atoms with van der Waals surface area (Å²) in [5.74, 6) is 2.24. The van der Waals surface area contributed by atoms with Crippen LogP contribution in [0.2, 0.25) is 0 Å². The lowest BCUT2D eigenvalue weighted by molar-refractivity contribution is 0.404. The van der Waals surface area contributed by atoms with Crippen LogP contribution < -0.4 is 14.8 Å². The van der Waals surface area contributed by atoms with E-state index in [1.165, 1.54) is 0 Å². The van der Waals surface area contributed by atoms with Gasteiger partial charge in [-0.1, -0.05) is 0 Å². The van der Waals surface area contributed by atoms with E-state index >= 15 is 0 Å². The standard InChI is InChI=1S/C11H13N3O2S/c1-12-11-10(13-17-14-11)8-6-7(15-2)4-5-9(8)16-3/h4-6H,1-3H3,(H,12,14). The Morgan fingerprint density at radius 1 is 1.18 bits per heavy atom. The van der Waals surface area contributed by atoms with Crippen molar-refractivity contribution < 1.29 is 9.47 Å². The maximum atomic E-state index is 5.32. The molecule has 5 nitrogen and oxygen atoms in total. The molecule has 0 bridgehead atoms. The molecule has 0 saturated heterocycles. The molecule has 17 heavy (non-hydrogen) atoms. The third-order valence-corrected chi connectivity index (χ3v) is 2.92. The summed E-state index contributed by atoms with van der Waals surface area (Å²) >= 11 is 1.16. The predicted octanol–water partition coefficient (Wildman–Crippen LogP) is 2.26. The van der Waals surface area contributed by atoms with Gasteiger partial charge in [0.2, 0.25) is 0 Å². The Labute approximate surface area is 104 Å². The highest BCUT2D eigenvalue weighted by Crippen LogP contribution is 2.35. The van der Waals surface area contributed by atoms with Gasteiger partial charge in [-0.05, 0) is 18.2 Å². The summed E-state index contributed by atoms with van der Waals surface area (Å²) in [6, 6.07) is 5.59. The lowest BCUT2D eigenvalue weighted by atomic mass is 10.1. The Morgan fingerprint density at radius 2 is 2.00 bits per heavy atom. The lowest BCUT2D eigenvalue weighted by Gasteiger charge is -2.09. The van der Waals surface area contributed by atoms with E-state index in [9.17, 15) is 0 Å². The summed E-state index contributed by atoms with van der Waals surface area (Å²) in [6.45, 7) is 0. The molecule has 1 N–H and O–H groups in total. The number of hydrogen-bond donors (Lipinski definition) is 1. The average molecular weight is 251 g/mol. The Morgan fingerprint density at radius 3 is 2.65 bits per heavy atom. The molecule has 1 aromatic carbocycles. The van der Waals surface area contributed by atoms with E-state index in [2.05, 4.69) is 14.1 Å². The molecule has 0 amide bonds. The molecule has 2 rings (SSSR count). The van der Waals surface area contributed by atoms with Gasteiger partial charge in [0.1, 0.15) is 17.2 Å². The first kappa shape index (κ1) is 11.7. The number of nitrogens with one attached hydrogen (secondary N) is 1. The van der Waals surface area contributed by atoms with Gasteiger partial charge in [0.15, 0.2) is 5.82 Å². The van der Waals surface area contributed by atoms with Crippen molar-refractivity contribution in [3.8, 4) is 22.8 Å². The molecule has 0 atom stereocenters. The first-order valence-electron chi connectivity index (χ1n) is 5.03. The monoisotopic (exact) mass is 251 g/mol. The predicted molar refractivity (Wildman–Crippen MR) is 68.0 cm³/mol. The van der Waals surface area contributed by atoms with Crippen molar-refractivity contribution in [2.45, 2.75) is 0 Å². The van der Waals surface area contributed by atoms with Crippen molar-refractivity contribution in [3.63, 3.8) is 0 Å². The van der Waals surface area contributed by atoms with Gasteiger partial charge >= 0.3 is 0 Å². The molecular formula is C11H13N3O2S. The fourth-order valence-corrected chi connectivity index (χ4v) is 2.10. The first-order chi connectivity index (χ1) is 8.30. The van der Waals surface area contributed by atoms with E-state index in [0.717, 1.165) is 40.3 Å². The highest BCUT2D eigenvalue weighted by molar-refractivity contribution is 6.99. The van der Waals surface area contributed by atoms with Gasteiger partial charge < -0.3 is 14.8 Å². The molecular weight excluding hydrogens is 238 g/mol. The highest BCUT2D eigenvalue weighted by atomic mass is 32.1. The fraction of sp³-hybridized carbons (Fsp3) is 0.273. The van der Waals surface area contributed by atoms with Crippen LogP contribution in [-0.2, 0) is 0 Å². The number of hydrogen-bond acceptors (Lipinski definition) is 6. The number of methoxy groups -OCH3 is 2. The lowest BCUT2D eigenvalue weighted by Crippen LogP contribution is -1.94. The summed E-state index contributed by atoms with van der Waals surface area (Å²) in [6.07, 6.45) is 0. The van der Waals surface area contributed by atoms with Gasteiger partial charge in [0.25, 0.3) is 0 Å². The van der Waals surface area contributed by atoms with Gasteiger partial charge in [-0.3, -0.25) is 0 Å². The second kappa shape index (κ2) is 5.01. The molecule has 0 radical (unpaired) electrons. The topological polar surface area (TPSA) is 56.3 Å². The van der Waals surface area contributed by atoms with Crippen LogP contribution in [0.5, 0.6) is 11.5 Å². The van der Waals surface area contributed by atoms with Crippen molar-refractivity contribution in [1.29, 1.82) is 0 Å². The summed E-state index contributed by atoms with van der Waals surface area (Å²) in [4.78, 5) is 0. The first-order valence-corrected chi connectivity index (χ1v) is 5.76. The van der Waals surface area contributed by atoms with Gasteiger partial charge in [-0.2, -0.15) is 8.75 Å². The molecule has 0 unspecified atom stereocenters. The number of nitrogens with zero attached hydrogens (tertiary/aromatic N) is 2. The van der Waals surface area contributed by atoms with Crippen LogP contribution in [0.3, 0.4) is 0 Å². The third kappa shape index (κ3) is 2.16. The van der Waals surface area contributed by atoms with E-state index in [0.29, 0.717) is 0 Å². The summed E-state index contributed by atoms with van der Waals surface area (Å²) in [5.41, 5.74) is 1.64.